The van der Waals surface area contributed by atoms with Crippen molar-refractivity contribution in [3.05, 3.63) is 29.8 Å². The summed E-state index contributed by atoms with van der Waals surface area (Å²) in [7, 11) is 0. The average Bonchev–Trinajstić information content (AvgIpc) is 2.47. The standard InChI is InChI=1S/C13H13F2NO5/c14-13(15)21-9-3-1-8(2-4-9)11(17)16-5-6-20-10(7-16)12(18)19/h1-4,10,13H,5-7H2,(H,18,19). The number of ether oxygens (including phenoxy) is 2. The van der Waals surface area contributed by atoms with Gasteiger partial charge in [-0.05, 0) is 24.3 Å². The number of halogens is 2. The predicted octanol–water partition coefficient (Wildman–Crippen LogP) is 1.21. The van der Waals surface area contributed by atoms with Crippen LogP contribution in [0.5, 0.6) is 5.75 Å². The first-order chi connectivity index (χ1) is 9.97. The van der Waals surface area contributed by atoms with Crippen LogP contribution in [0.4, 0.5) is 8.78 Å². The number of aliphatic carboxylic acids is 1. The van der Waals surface area contributed by atoms with E-state index in [0.29, 0.717) is 0 Å². The molecule has 114 valence electrons. The summed E-state index contributed by atoms with van der Waals surface area (Å²) in [5.41, 5.74) is 0.266. The highest BCUT2D eigenvalue weighted by atomic mass is 19.3. The molecule has 2 rings (SSSR count). The first-order valence-corrected chi connectivity index (χ1v) is 6.16. The number of alkyl halides is 2. The van der Waals surface area contributed by atoms with Gasteiger partial charge in [0.1, 0.15) is 5.75 Å². The molecular formula is C13H13F2NO5. The Morgan fingerprint density at radius 1 is 1.33 bits per heavy atom. The number of rotatable bonds is 4. The van der Waals surface area contributed by atoms with Crippen LogP contribution in [-0.2, 0) is 9.53 Å². The van der Waals surface area contributed by atoms with Crippen LogP contribution in [-0.4, -0.2) is 54.3 Å². The lowest BCUT2D eigenvalue weighted by Gasteiger charge is -2.30. The molecule has 1 N–H and O–H groups in total. The summed E-state index contributed by atoms with van der Waals surface area (Å²) < 4.78 is 33.3. The van der Waals surface area contributed by atoms with Crippen LogP contribution in [0.1, 0.15) is 10.4 Å². The zero-order valence-electron chi connectivity index (χ0n) is 10.9. The number of carbonyl (C=O) groups excluding carboxylic acids is 1. The smallest absolute Gasteiger partial charge is 0.387 e. The molecule has 0 saturated carbocycles. The molecule has 1 aliphatic heterocycles. The molecular weight excluding hydrogens is 288 g/mol. The zero-order valence-corrected chi connectivity index (χ0v) is 10.9. The number of hydrogen-bond donors (Lipinski definition) is 1. The molecule has 21 heavy (non-hydrogen) atoms. The van der Waals surface area contributed by atoms with Gasteiger partial charge in [0.15, 0.2) is 6.10 Å². The Bertz CT molecular complexity index is 520. The van der Waals surface area contributed by atoms with Gasteiger partial charge in [0.25, 0.3) is 5.91 Å². The maximum Gasteiger partial charge on any atom is 0.387 e. The van der Waals surface area contributed by atoms with Crippen molar-refractivity contribution in [2.45, 2.75) is 12.7 Å². The minimum atomic E-state index is -2.93. The molecule has 1 amide bonds. The molecule has 6 nitrogen and oxygen atoms in total. The Kier molecular flexibility index (Phi) is 4.69. The normalized spacial score (nSPS) is 18.6. The number of amides is 1. The fourth-order valence-electron chi connectivity index (χ4n) is 1.94. The molecule has 8 heteroatoms. The van der Waals surface area contributed by atoms with Crippen LogP contribution in [0, 0.1) is 0 Å². The molecule has 1 aliphatic rings. The fourth-order valence-corrected chi connectivity index (χ4v) is 1.94. The van der Waals surface area contributed by atoms with E-state index >= 15 is 0 Å². The number of carboxylic acids is 1. The largest absolute Gasteiger partial charge is 0.479 e. The minimum Gasteiger partial charge on any atom is -0.479 e. The maximum absolute atomic E-state index is 12.2. The molecule has 1 aromatic rings. The SMILES string of the molecule is O=C(O)C1CN(C(=O)c2ccc(OC(F)F)cc2)CCO1. The average molecular weight is 301 g/mol. The number of benzene rings is 1. The van der Waals surface area contributed by atoms with Crippen molar-refractivity contribution in [3.63, 3.8) is 0 Å². The van der Waals surface area contributed by atoms with E-state index in [1.807, 2.05) is 0 Å². The van der Waals surface area contributed by atoms with Crippen molar-refractivity contribution in [2.24, 2.45) is 0 Å². The summed E-state index contributed by atoms with van der Waals surface area (Å²) in [6, 6.07) is 5.22. The topological polar surface area (TPSA) is 76.1 Å². The Morgan fingerprint density at radius 3 is 2.57 bits per heavy atom. The van der Waals surface area contributed by atoms with Gasteiger partial charge in [-0.2, -0.15) is 8.78 Å². The number of nitrogens with zero attached hydrogens (tertiary/aromatic N) is 1. The fraction of sp³-hybridized carbons (Fsp3) is 0.385. The van der Waals surface area contributed by atoms with Crippen LogP contribution in [0.3, 0.4) is 0 Å². The van der Waals surface area contributed by atoms with Gasteiger partial charge in [0.05, 0.1) is 13.2 Å². The highest BCUT2D eigenvalue weighted by molar-refractivity contribution is 5.94. The van der Waals surface area contributed by atoms with Gasteiger partial charge in [-0.15, -0.1) is 0 Å². The van der Waals surface area contributed by atoms with Crippen molar-refractivity contribution < 1.29 is 33.0 Å². The molecule has 0 aromatic heterocycles. The highest BCUT2D eigenvalue weighted by Gasteiger charge is 2.29. The second-order valence-corrected chi connectivity index (χ2v) is 4.35. The van der Waals surface area contributed by atoms with Crippen LogP contribution in [0.2, 0.25) is 0 Å². The van der Waals surface area contributed by atoms with E-state index < -0.39 is 18.7 Å². The monoisotopic (exact) mass is 301 g/mol. The van der Waals surface area contributed by atoms with Gasteiger partial charge in [-0.25, -0.2) is 4.79 Å². The Balaban J connectivity index is 2.03. The predicted molar refractivity (Wildman–Crippen MR) is 66.4 cm³/mol. The van der Waals surface area contributed by atoms with E-state index in [1.54, 1.807) is 0 Å². The lowest BCUT2D eigenvalue weighted by atomic mass is 10.1. The molecule has 0 bridgehead atoms. The maximum atomic E-state index is 12.2. The number of carbonyl (C=O) groups is 2. The minimum absolute atomic E-state index is 0.0491. The summed E-state index contributed by atoms with van der Waals surface area (Å²) >= 11 is 0. The number of morpholine rings is 1. The van der Waals surface area contributed by atoms with Gasteiger partial charge in [0.2, 0.25) is 0 Å². The molecule has 1 fully saturated rings. The number of carboxylic acid groups (broad SMARTS) is 1. The second-order valence-electron chi connectivity index (χ2n) is 4.35. The second kappa shape index (κ2) is 6.49. The first kappa shape index (κ1) is 15.2. The van der Waals surface area contributed by atoms with Crippen LogP contribution < -0.4 is 4.74 Å². The van der Waals surface area contributed by atoms with Gasteiger partial charge in [-0.3, -0.25) is 4.79 Å². The van der Waals surface area contributed by atoms with Crippen LogP contribution in [0.25, 0.3) is 0 Å². The van der Waals surface area contributed by atoms with Gasteiger partial charge >= 0.3 is 12.6 Å². The first-order valence-electron chi connectivity index (χ1n) is 6.16. The zero-order chi connectivity index (χ0) is 15.4. The lowest BCUT2D eigenvalue weighted by Crippen LogP contribution is -2.48. The summed E-state index contributed by atoms with van der Waals surface area (Å²) in [5, 5.41) is 8.88. The van der Waals surface area contributed by atoms with E-state index in [1.165, 1.54) is 29.2 Å². The van der Waals surface area contributed by atoms with Gasteiger partial charge in [-0.1, -0.05) is 0 Å². The van der Waals surface area contributed by atoms with E-state index in [-0.39, 0.29) is 36.9 Å². The molecule has 1 saturated heterocycles. The van der Waals surface area contributed by atoms with Gasteiger partial charge < -0.3 is 19.5 Å². The van der Waals surface area contributed by atoms with E-state index in [0.717, 1.165) is 0 Å². The Morgan fingerprint density at radius 2 is 2.00 bits per heavy atom. The third-order valence-electron chi connectivity index (χ3n) is 2.96. The highest BCUT2D eigenvalue weighted by Crippen LogP contribution is 2.17. The summed E-state index contributed by atoms with van der Waals surface area (Å²) in [5.74, 6) is -1.56. The molecule has 0 aliphatic carbocycles. The van der Waals surface area contributed by atoms with Crippen molar-refractivity contribution in [3.8, 4) is 5.75 Å². The third-order valence-corrected chi connectivity index (χ3v) is 2.96. The van der Waals surface area contributed by atoms with Crippen LogP contribution in [0.15, 0.2) is 24.3 Å². The van der Waals surface area contributed by atoms with Crippen molar-refractivity contribution in [2.75, 3.05) is 19.7 Å². The Hall–Kier alpha value is -2.22. The van der Waals surface area contributed by atoms with Crippen molar-refractivity contribution >= 4 is 11.9 Å². The lowest BCUT2D eigenvalue weighted by molar-refractivity contribution is -0.154. The summed E-state index contributed by atoms with van der Waals surface area (Å²) in [6.45, 7) is -2.57. The summed E-state index contributed by atoms with van der Waals surface area (Å²) in [6.07, 6.45) is -1.05. The third kappa shape index (κ3) is 3.88. The molecule has 1 aromatic carbocycles. The van der Waals surface area contributed by atoms with Crippen molar-refractivity contribution in [1.29, 1.82) is 0 Å². The molecule has 1 atom stereocenters. The van der Waals surface area contributed by atoms with E-state index in [2.05, 4.69) is 4.74 Å². The molecule has 0 spiro atoms. The van der Waals surface area contributed by atoms with Crippen molar-refractivity contribution in [1.82, 2.24) is 4.90 Å². The van der Waals surface area contributed by atoms with Gasteiger partial charge in [0, 0.05) is 12.1 Å². The van der Waals surface area contributed by atoms with E-state index in [4.69, 9.17) is 9.84 Å². The Labute approximate surface area is 118 Å². The molecule has 0 radical (unpaired) electrons. The molecule has 1 heterocycles. The van der Waals surface area contributed by atoms with Crippen LogP contribution >= 0.6 is 0 Å². The quantitative estimate of drug-likeness (QED) is 0.904. The molecule has 1 unspecified atom stereocenters. The van der Waals surface area contributed by atoms with E-state index in [9.17, 15) is 18.4 Å². The number of hydrogen-bond acceptors (Lipinski definition) is 4. The summed E-state index contributed by atoms with van der Waals surface area (Å²) in [4.78, 5) is 24.4.